The van der Waals surface area contributed by atoms with Gasteiger partial charge in [0.05, 0.1) is 12.5 Å². The summed E-state index contributed by atoms with van der Waals surface area (Å²) in [5, 5.41) is 19.8. The van der Waals surface area contributed by atoms with E-state index in [2.05, 4.69) is 28.2 Å². The van der Waals surface area contributed by atoms with Crippen LogP contribution in [0.25, 0.3) is 0 Å². The van der Waals surface area contributed by atoms with Crippen molar-refractivity contribution >= 4 is 59.1 Å². The number of esters is 1. The molecule has 0 aromatic heterocycles. The Bertz CT molecular complexity index is 1690. The van der Waals surface area contributed by atoms with Gasteiger partial charge in [0.25, 0.3) is 0 Å². The number of aliphatic hydroxyl groups is 1. The van der Waals surface area contributed by atoms with Crippen LogP contribution in [0.1, 0.15) is 111 Å². The predicted molar refractivity (Wildman–Crippen MR) is 219 cm³/mol. The zero-order chi connectivity index (χ0) is 43.4. The molecule has 1 aromatic carbocycles. The third kappa shape index (κ3) is 12.4. The zero-order valence-electron chi connectivity index (χ0n) is 34.7. The first kappa shape index (κ1) is 47.0. The lowest BCUT2D eigenvalue weighted by Gasteiger charge is -2.44. The maximum absolute atomic E-state index is 13.5. The molecule has 4 rings (SSSR count). The molecule has 8 atom stereocenters. The van der Waals surface area contributed by atoms with Crippen molar-refractivity contribution in [3.05, 3.63) is 35.9 Å². The van der Waals surface area contributed by atoms with Gasteiger partial charge in [0.1, 0.15) is 48.2 Å². The van der Waals surface area contributed by atoms with E-state index in [4.69, 9.17) is 10.5 Å². The summed E-state index contributed by atoms with van der Waals surface area (Å²) >= 11 is 1.30. The molecule has 0 unspecified atom stereocenters. The first-order valence-corrected chi connectivity index (χ1v) is 21.5. The minimum Gasteiger partial charge on any atom is -0.459 e. The highest BCUT2D eigenvalue weighted by molar-refractivity contribution is 8.01. The summed E-state index contributed by atoms with van der Waals surface area (Å²) in [7, 11) is 0. The fourth-order valence-corrected chi connectivity index (χ4v) is 9.25. The van der Waals surface area contributed by atoms with Gasteiger partial charge in [-0.15, -0.1) is 11.8 Å². The maximum Gasteiger partial charge on any atom is 0.330 e. The summed E-state index contributed by atoms with van der Waals surface area (Å²) in [4.78, 5) is 108. The Balaban J connectivity index is 1.30. The third-order valence-electron chi connectivity index (χ3n) is 10.9. The Morgan fingerprint density at radius 3 is 2.24 bits per heavy atom. The molecule has 18 heteroatoms. The summed E-state index contributed by atoms with van der Waals surface area (Å²) < 4.78 is 4.77. The molecule has 0 spiro atoms. The predicted octanol–water partition coefficient (Wildman–Crippen LogP) is 1.14. The zero-order valence-corrected chi connectivity index (χ0v) is 35.5. The second-order valence-electron chi connectivity index (χ2n) is 16.1. The van der Waals surface area contributed by atoms with Crippen LogP contribution in [0, 0.1) is 0 Å². The van der Waals surface area contributed by atoms with Crippen LogP contribution in [-0.2, 0) is 49.7 Å². The Morgan fingerprint density at radius 1 is 0.932 bits per heavy atom. The maximum atomic E-state index is 13.5. The Labute approximate surface area is 350 Å². The molecule has 7 N–H and O–H groups in total. The summed E-state index contributed by atoms with van der Waals surface area (Å²) in [6.07, 6.45) is 6.66. The van der Waals surface area contributed by atoms with Crippen molar-refractivity contribution in [3.8, 4) is 0 Å². The van der Waals surface area contributed by atoms with Crippen LogP contribution < -0.4 is 27.0 Å². The molecule has 3 heterocycles. The van der Waals surface area contributed by atoms with Crippen LogP contribution in [0.4, 0.5) is 0 Å². The van der Waals surface area contributed by atoms with Crippen molar-refractivity contribution in [1.82, 2.24) is 31.1 Å². The smallest absolute Gasteiger partial charge is 0.330 e. The topological polar surface area (TPSA) is 247 Å². The molecule has 3 saturated heterocycles. The van der Waals surface area contributed by atoms with Crippen LogP contribution >= 0.6 is 11.8 Å². The normalized spacial score (nSPS) is 22.5. The first-order valence-electron chi connectivity index (χ1n) is 20.6. The molecule has 0 aliphatic carbocycles. The van der Waals surface area contributed by atoms with E-state index in [0.29, 0.717) is 25.8 Å². The highest BCUT2D eigenvalue weighted by atomic mass is 32.2. The van der Waals surface area contributed by atoms with Gasteiger partial charge >= 0.3 is 5.97 Å². The molecular weight excluding hydrogens is 783 g/mol. The van der Waals surface area contributed by atoms with Crippen molar-refractivity contribution in [3.63, 3.8) is 0 Å². The number of carbonyl (C=O) groups is 8. The number of primary amides is 1. The van der Waals surface area contributed by atoms with Gasteiger partial charge in [0.2, 0.25) is 41.4 Å². The van der Waals surface area contributed by atoms with E-state index >= 15 is 0 Å². The molecule has 7 amide bonds. The van der Waals surface area contributed by atoms with Crippen LogP contribution in [0.3, 0.4) is 0 Å². The monoisotopic (exact) mass is 843 g/mol. The van der Waals surface area contributed by atoms with E-state index in [1.165, 1.54) is 48.3 Å². The fourth-order valence-electron chi connectivity index (χ4n) is 7.63. The van der Waals surface area contributed by atoms with Crippen LogP contribution in [-0.4, -0.2) is 121 Å². The first-order chi connectivity index (χ1) is 28.0. The summed E-state index contributed by atoms with van der Waals surface area (Å²) in [5.41, 5.74) is 6.18. The number of rotatable bonds is 22. The number of aliphatic hydroxyl groups excluding tert-OH is 1. The molecule has 3 aliphatic rings. The largest absolute Gasteiger partial charge is 0.459 e. The van der Waals surface area contributed by atoms with E-state index in [9.17, 15) is 43.5 Å². The number of hydrogen-bond donors (Lipinski definition) is 6. The van der Waals surface area contributed by atoms with E-state index in [1.807, 2.05) is 18.2 Å². The Morgan fingerprint density at radius 2 is 1.59 bits per heavy atom. The Hall–Kier alpha value is -4.71. The lowest BCUT2D eigenvalue weighted by Crippen LogP contribution is -2.72. The number of nitrogens with one attached hydrogen (secondary N) is 4. The van der Waals surface area contributed by atoms with Gasteiger partial charge in [0, 0.05) is 17.7 Å². The molecular formula is C41H61N7O10S. The van der Waals surface area contributed by atoms with Gasteiger partial charge < -0.3 is 46.6 Å². The summed E-state index contributed by atoms with van der Waals surface area (Å²) in [6, 6.07) is 1.91. The van der Waals surface area contributed by atoms with Crippen LogP contribution in [0.5, 0.6) is 0 Å². The number of thioether (sulfide) groups is 1. The van der Waals surface area contributed by atoms with E-state index < -0.39 is 100 Å². The van der Waals surface area contributed by atoms with E-state index in [1.54, 1.807) is 26.0 Å². The second-order valence-corrected chi connectivity index (χ2v) is 17.9. The SMILES string of the molecule is CCCCCCCCCC(=O)N1CCC[C@H]1C(=O)N[C@H](C(=O)N[C@@H](C)C(=O)N[C@@H](CC(N)=O)C(=O)N[C@H]1C(=O)N2[C@@H](C(=O)OCc3ccccc3)C(C)(C)S[C@@H]12)[C@@H](C)O. The Kier molecular flexibility index (Phi) is 17.1. The minimum atomic E-state index is -1.54. The summed E-state index contributed by atoms with van der Waals surface area (Å²) in [5.74, 6) is -5.49. The average molecular weight is 844 g/mol. The molecule has 0 bridgehead atoms. The van der Waals surface area contributed by atoms with Crippen LogP contribution in [0.15, 0.2) is 30.3 Å². The molecule has 0 saturated carbocycles. The lowest BCUT2D eigenvalue weighted by atomic mass is 9.95. The second kappa shape index (κ2) is 21.5. The van der Waals surface area contributed by atoms with Crippen molar-refractivity contribution in [2.45, 2.75) is 164 Å². The van der Waals surface area contributed by atoms with Gasteiger partial charge in [-0.05, 0) is 52.5 Å². The van der Waals surface area contributed by atoms with Crippen LogP contribution in [0.2, 0.25) is 0 Å². The minimum absolute atomic E-state index is 0.0201. The number of amides is 7. The highest BCUT2D eigenvalue weighted by Gasteiger charge is 2.64. The number of ether oxygens (including phenoxy) is 1. The molecule has 0 radical (unpaired) electrons. The van der Waals surface area contributed by atoms with Gasteiger partial charge in [-0.25, -0.2) is 4.79 Å². The van der Waals surface area contributed by atoms with Gasteiger partial charge in [-0.2, -0.15) is 0 Å². The third-order valence-corrected chi connectivity index (χ3v) is 12.5. The average Bonchev–Trinajstić information content (AvgIpc) is 3.78. The van der Waals surface area contributed by atoms with E-state index in [-0.39, 0.29) is 12.5 Å². The lowest BCUT2D eigenvalue weighted by molar-refractivity contribution is -0.165. The van der Waals surface area contributed by atoms with Crippen molar-refractivity contribution < 1.29 is 48.2 Å². The number of fused-ring (bicyclic) bond motifs is 1. The van der Waals surface area contributed by atoms with Crippen molar-refractivity contribution in [2.75, 3.05) is 6.54 Å². The number of β-lactam (4-membered cyclic amide) rings is 1. The fraction of sp³-hybridized carbons (Fsp3) is 0.659. The highest BCUT2D eigenvalue weighted by Crippen LogP contribution is 2.51. The molecule has 326 valence electrons. The summed E-state index contributed by atoms with van der Waals surface area (Å²) in [6.45, 7) is 8.76. The number of unbranched alkanes of at least 4 members (excludes halogenated alkanes) is 6. The number of carbonyl (C=O) groups excluding carboxylic acids is 8. The number of likely N-dealkylation sites (tertiary alicyclic amines) is 1. The number of hydrogen-bond acceptors (Lipinski definition) is 11. The van der Waals surface area contributed by atoms with Gasteiger partial charge in [-0.1, -0.05) is 75.8 Å². The van der Waals surface area contributed by atoms with E-state index in [0.717, 1.165) is 37.7 Å². The molecule has 59 heavy (non-hydrogen) atoms. The standard InChI is InChI=1S/C41H61N7O10S/c1-6-7-8-9-10-11-15-20-30(51)47-21-16-19-28(47)36(54)45-31(25(3)49)37(55)43-24(2)34(52)44-27(22-29(42)50)35(53)46-32-38(56)48-33(41(4,5)59-39(32)48)40(57)58-23-26-17-13-12-14-18-26/h12-14,17-18,24-25,27-28,31-33,39,49H,6-11,15-16,19-23H2,1-5H3,(H2,42,50)(H,43,55)(H,44,52)(H,45,54)(H,46,53)/t24-,25+,27-,28-,31-,32-,33-,39-/m0/s1. The van der Waals surface area contributed by atoms with Gasteiger partial charge in [0.15, 0.2) is 0 Å². The molecule has 1 aromatic rings. The molecule has 17 nitrogen and oxygen atoms in total. The quantitative estimate of drug-likeness (QED) is 0.0549. The molecule has 3 fully saturated rings. The van der Waals surface area contributed by atoms with Gasteiger partial charge in [-0.3, -0.25) is 33.6 Å². The van der Waals surface area contributed by atoms with Crippen molar-refractivity contribution in [1.29, 1.82) is 0 Å². The number of nitrogens with zero attached hydrogens (tertiary/aromatic N) is 2. The number of benzene rings is 1. The van der Waals surface area contributed by atoms with Crippen molar-refractivity contribution in [2.24, 2.45) is 5.73 Å². The number of nitrogens with two attached hydrogens (primary N) is 1. The molecule has 3 aliphatic heterocycles.